The van der Waals surface area contributed by atoms with Crippen molar-refractivity contribution in [2.24, 2.45) is 5.92 Å². The summed E-state index contributed by atoms with van der Waals surface area (Å²) in [5.41, 5.74) is 1.46. The number of nitrogens with one attached hydrogen (secondary N) is 1. The molecule has 0 fully saturated rings. The number of benzene rings is 1. The molecule has 1 N–H and O–H groups in total. The molecular formula is C25H29NO8S2. The molecule has 11 heteroatoms. The van der Waals surface area contributed by atoms with E-state index in [9.17, 15) is 22.8 Å². The van der Waals surface area contributed by atoms with Crippen molar-refractivity contribution in [2.75, 3.05) is 11.5 Å². The maximum atomic E-state index is 12.9. The number of carbonyl (C=O) groups is 3. The minimum atomic E-state index is -3.66. The van der Waals surface area contributed by atoms with Gasteiger partial charge in [0.05, 0.1) is 11.2 Å². The average molecular weight is 536 g/mol. The topological polar surface area (TPSA) is 125 Å². The molecule has 1 aromatic rings. The quantitative estimate of drug-likeness (QED) is 0.231. The molecule has 0 amide bonds. The summed E-state index contributed by atoms with van der Waals surface area (Å²) < 4.78 is 45.8. The first-order chi connectivity index (χ1) is 16.9. The maximum absolute atomic E-state index is 12.9. The fraction of sp³-hybridized carbons (Fsp3) is 0.480. The third kappa shape index (κ3) is 4.90. The maximum Gasteiger partial charge on any atom is 0.308 e. The molecule has 2 aliphatic carbocycles. The lowest BCUT2D eigenvalue weighted by atomic mass is 9.63. The first-order valence-electron chi connectivity index (χ1n) is 11.6. The number of ether oxygens (including phenoxy) is 3. The van der Waals surface area contributed by atoms with Gasteiger partial charge in [0.25, 0.3) is 0 Å². The van der Waals surface area contributed by atoms with Gasteiger partial charge in [-0.1, -0.05) is 30.0 Å². The summed E-state index contributed by atoms with van der Waals surface area (Å²) in [5.74, 6) is -0.383. The van der Waals surface area contributed by atoms with E-state index in [-0.39, 0.29) is 16.6 Å². The summed E-state index contributed by atoms with van der Waals surface area (Å²) >= 11 is 1.10. The molecule has 1 heterocycles. The lowest BCUT2D eigenvalue weighted by Crippen LogP contribution is -2.53. The van der Waals surface area contributed by atoms with Crippen LogP contribution in [0.15, 0.2) is 36.1 Å². The van der Waals surface area contributed by atoms with E-state index < -0.39 is 45.5 Å². The number of aryl methyl sites for hydroxylation is 1. The summed E-state index contributed by atoms with van der Waals surface area (Å²) in [5, 5.41) is -0.0510. The fourth-order valence-electron chi connectivity index (χ4n) is 5.38. The second kappa shape index (κ2) is 9.93. The highest BCUT2D eigenvalue weighted by molar-refractivity contribution is 8.13. The van der Waals surface area contributed by atoms with Crippen LogP contribution in [0.4, 0.5) is 0 Å². The van der Waals surface area contributed by atoms with Gasteiger partial charge in [0.1, 0.15) is 0 Å². The minimum Gasteiger partial charge on any atom is -0.481 e. The molecule has 9 nitrogen and oxygen atoms in total. The molecule has 0 radical (unpaired) electrons. The van der Waals surface area contributed by atoms with E-state index in [1.165, 1.54) is 20.8 Å². The van der Waals surface area contributed by atoms with Crippen molar-refractivity contribution in [1.82, 2.24) is 4.72 Å². The molecular weight excluding hydrogens is 506 g/mol. The summed E-state index contributed by atoms with van der Waals surface area (Å²) in [4.78, 5) is 34.7. The Labute approximate surface area is 214 Å². The number of rotatable bonds is 8. The van der Waals surface area contributed by atoms with Crippen LogP contribution in [0.3, 0.4) is 0 Å². The summed E-state index contributed by atoms with van der Waals surface area (Å²) in [7, 11) is -3.66. The van der Waals surface area contributed by atoms with Crippen LogP contribution >= 0.6 is 11.8 Å². The largest absolute Gasteiger partial charge is 0.481 e. The molecule has 4 rings (SSSR count). The van der Waals surface area contributed by atoms with Gasteiger partial charge in [0, 0.05) is 43.7 Å². The molecule has 194 valence electrons. The number of sulfonamides is 1. The van der Waals surface area contributed by atoms with E-state index in [4.69, 9.17) is 14.2 Å². The Balaban J connectivity index is 1.69. The second-order valence-electron chi connectivity index (χ2n) is 9.17. The van der Waals surface area contributed by atoms with E-state index in [0.29, 0.717) is 30.0 Å². The number of carbonyl (C=O) groups excluding carboxylic acids is 3. The zero-order valence-corrected chi connectivity index (χ0v) is 22.2. The summed E-state index contributed by atoms with van der Waals surface area (Å²) in [6.45, 7) is 5.99. The predicted molar refractivity (Wildman–Crippen MR) is 134 cm³/mol. The van der Waals surface area contributed by atoms with Gasteiger partial charge in [0.15, 0.2) is 28.8 Å². The van der Waals surface area contributed by atoms with Crippen LogP contribution in [-0.4, -0.2) is 49.2 Å². The molecule has 0 aromatic heterocycles. The van der Waals surface area contributed by atoms with Gasteiger partial charge >= 0.3 is 11.9 Å². The molecule has 0 saturated heterocycles. The average Bonchev–Trinajstić information content (AvgIpc) is 3.31. The van der Waals surface area contributed by atoms with E-state index in [2.05, 4.69) is 4.72 Å². The highest BCUT2D eigenvalue weighted by Crippen LogP contribution is 2.61. The highest BCUT2D eigenvalue weighted by Gasteiger charge is 2.62. The Hall–Kier alpha value is -2.79. The molecule has 0 saturated carbocycles. The van der Waals surface area contributed by atoms with E-state index in [0.717, 1.165) is 22.9 Å². The van der Waals surface area contributed by atoms with Crippen LogP contribution < -0.4 is 14.2 Å². The standard InChI is InChI=1S/C25H29NO8S2/c1-14-6-8-20(32-15(2)27)23-22(14)25-11-10-19(26-36(30,31)13-5-12-35-17(4)29)18(25)7-9-21(24(25)34-23)33-16(3)28/h6-10,18,21,24,26H,5,11-13H2,1-4H3/t18?,21-,24-,25-/m0/s1. The van der Waals surface area contributed by atoms with Crippen molar-refractivity contribution in [2.45, 2.75) is 58.2 Å². The molecule has 1 unspecified atom stereocenters. The Morgan fingerprint density at radius 1 is 1.17 bits per heavy atom. The lowest BCUT2D eigenvalue weighted by Gasteiger charge is -2.42. The first-order valence-corrected chi connectivity index (χ1v) is 14.3. The summed E-state index contributed by atoms with van der Waals surface area (Å²) in [6, 6.07) is 3.50. The van der Waals surface area contributed by atoms with Crippen LogP contribution in [0.1, 0.15) is 44.7 Å². The Kier molecular flexibility index (Phi) is 7.25. The normalized spacial score (nSPS) is 25.7. The van der Waals surface area contributed by atoms with Gasteiger partial charge in [-0.25, -0.2) is 8.42 Å². The van der Waals surface area contributed by atoms with E-state index in [1.54, 1.807) is 12.1 Å². The number of thioether (sulfide) groups is 1. The molecule has 3 aliphatic rings. The summed E-state index contributed by atoms with van der Waals surface area (Å²) in [6.07, 6.45) is 4.84. The van der Waals surface area contributed by atoms with Crippen molar-refractivity contribution >= 4 is 38.8 Å². The zero-order valence-electron chi connectivity index (χ0n) is 20.5. The van der Waals surface area contributed by atoms with Gasteiger partial charge < -0.3 is 14.2 Å². The fourth-order valence-corrected chi connectivity index (χ4v) is 7.33. The van der Waals surface area contributed by atoms with Crippen molar-refractivity contribution in [3.63, 3.8) is 0 Å². The van der Waals surface area contributed by atoms with Gasteiger partial charge in [-0.05, 0) is 37.5 Å². The molecule has 1 aromatic carbocycles. The first kappa shape index (κ1) is 26.3. The molecule has 4 atom stereocenters. The lowest BCUT2D eigenvalue weighted by molar-refractivity contribution is -0.150. The highest BCUT2D eigenvalue weighted by atomic mass is 32.2. The monoisotopic (exact) mass is 535 g/mol. The Morgan fingerprint density at radius 2 is 1.92 bits per heavy atom. The molecule has 1 spiro atoms. The smallest absolute Gasteiger partial charge is 0.308 e. The number of fused-ring (bicyclic) bond motifs is 1. The van der Waals surface area contributed by atoms with Crippen LogP contribution in [0.25, 0.3) is 0 Å². The second-order valence-corrected chi connectivity index (χ2v) is 12.3. The third-order valence-corrected chi connectivity index (χ3v) is 8.85. The number of esters is 2. The minimum absolute atomic E-state index is 0.0510. The van der Waals surface area contributed by atoms with E-state index in [1.807, 2.05) is 25.1 Å². The third-order valence-electron chi connectivity index (χ3n) is 6.58. The van der Waals surface area contributed by atoms with Crippen LogP contribution in [-0.2, 0) is 34.6 Å². The number of hydrogen-bond donors (Lipinski definition) is 1. The van der Waals surface area contributed by atoms with Crippen LogP contribution in [0.5, 0.6) is 11.5 Å². The van der Waals surface area contributed by atoms with Crippen molar-refractivity contribution in [1.29, 1.82) is 0 Å². The SMILES string of the molecule is CC(=O)Oc1ccc(C)c2c1O[C@H]1[C@@H](OC(C)=O)C=CC3C(NS(=O)(=O)CCCSC(C)=O)=CC[C@@]231. The van der Waals surface area contributed by atoms with Gasteiger partial charge in [0.2, 0.25) is 10.0 Å². The molecule has 0 bridgehead atoms. The van der Waals surface area contributed by atoms with Gasteiger partial charge in [-0.2, -0.15) is 0 Å². The molecule has 36 heavy (non-hydrogen) atoms. The van der Waals surface area contributed by atoms with Crippen molar-refractivity contribution in [3.05, 3.63) is 47.2 Å². The predicted octanol–water partition coefficient (Wildman–Crippen LogP) is 2.91. The Bertz CT molecular complexity index is 1270. The van der Waals surface area contributed by atoms with Crippen LogP contribution in [0.2, 0.25) is 0 Å². The number of allylic oxidation sites excluding steroid dienone is 2. The number of hydrogen-bond acceptors (Lipinski definition) is 9. The van der Waals surface area contributed by atoms with Crippen LogP contribution in [0, 0.1) is 12.8 Å². The Morgan fingerprint density at radius 3 is 2.58 bits per heavy atom. The van der Waals surface area contributed by atoms with E-state index >= 15 is 0 Å². The van der Waals surface area contributed by atoms with Gasteiger partial charge in [-0.15, -0.1) is 0 Å². The van der Waals surface area contributed by atoms with Crippen molar-refractivity contribution < 1.29 is 37.0 Å². The molecule has 1 aliphatic heterocycles. The van der Waals surface area contributed by atoms with Gasteiger partial charge in [-0.3, -0.25) is 19.1 Å². The zero-order chi connectivity index (χ0) is 26.3. The van der Waals surface area contributed by atoms with Crippen molar-refractivity contribution in [3.8, 4) is 11.5 Å².